The predicted molar refractivity (Wildman–Crippen MR) is 65.4 cm³/mol. The Labute approximate surface area is 112 Å². The first kappa shape index (κ1) is 12.2. The highest BCUT2D eigenvalue weighted by Gasteiger charge is 2.18. The van der Waals surface area contributed by atoms with E-state index < -0.39 is 12.1 Å². The van der Waals surface area contributed by atoms with Gasteiger partial charge in [-0.3, -0.25) is 0 Å². The summed E-state index contributed by atoms with van der Waals surface area (Å²) in [5.41, 5.74) is 0.896. The van der Waals surface area contributed by atoms with Crippen LogP contribution in [-0.2, 0) is 6.42 Å². The Bertz CT molecular complexity index is 722. The van der Waals surface area contributed by atoms with Crippen molar-refractivity contribution in [1.82, 2.24) is 29.5 Å². The van der Waals surface area contributed by atoms with E-state index in [0.717, 1.165) is 14.9 Å². The molecule has 0 unspecified atom stereocenters. The highest BCUT2D eigenvalue weighted by molar-refractivity contribution is 5.77. The van der Waals surface area contributed by atoms with Crippen LogP contribution in [0.1, 0.15) is 11.4 Å². The standard InChI is InChI=1S/C12H9FN6O/c13-11-16-10(6-9-4-2-1-3-5-9)19(17-11)12(20)18-8-14-7-15-18/h1-5,7-8H,6H2. The molecule has 0 radical (unpaired) electrons. The van der Waals surface area contributed by atoms with E-state index in [4.69, 9.17) is 0 Å². The van der Waals surface area contributed by atoms with E-state index in [0.29, 0.717) is 0 Å². The average Bonchev–Trinajstić information content (AvgIpc) is 3.09. The topological polar surface area (TPSA) is 78.5 Å². The fourth-order valence-electron chi connectivity index (χ4n) is 1.77. The molecule has 7 nitrogen and oxygen atoms in total. The van der Waals surface area contributed by atoms with Crippen molar-refractivity contribution in [1.29, 1.82) is 0 Å². The van der Waals surface area contributed by atoms with Gasteiger partial charge in [-0.2, -0.15) is 23.8 Å². The van der Waals surface area contributed by atoms with Crippen molar-refractivity contribution in [2.75, 3.05) is 0 Å². The van der Waals surface area contributed by atoms with Crippen molar-refractivity contribution >= 4 is 6.03 Å². The zero-order valence-electron chi connectivity index (χ0n) is 10.2. The van der Waals surface area contributed by atoms with Crippen LogP contribution in [-0.4, -0.2) is 35.6 Å². The second-order valence-electron chi connectivity index (χ2n) is 3.99. The maximum Gasteiger partial charge on any atom is 0.372 e. The van der Waals surface area contributed by atoms with Gasteiger partial charge in [0, 0.05) is 6.42 Å². The number of halogens is 1. The Hall–Kier alpha value is -2.90. The van der Waals surface area contributed by atoms with Gasteiger partial charge in [0.2, 0.25) is 0 Å². The fourth-order valence-corrected chi connectivity index (χ4v) is 1.77. The van der Waals surface area contributed by atoms with E-state index in [1.165, 1.54) is 12.7 Å². The van der Waals surface area contributed by atoms with Gasteiger partial charge < -0.3 is 0 Å². The van der Waals surface area contributed by atoms with E-state index in [9.17, 15) is 9.18 Å². The Morgan fingerprint density at radius 2 is 2.05 bits per heavy atom. The smallest absolute Gasteiger partial charge is 0.243 e. The minimum Gasteiger partial charge on any atom is -0.243 e. The highest BCUT2D eigenvalue weighted by atomic mass is 19.1. The second-order valence-corrected chi connectivity index (χ2v) is 3.99. The molecule has 0 spiro atoms. The van der Waals surface area contributed by atoms with E-state index in [1.54, 1.807) is 0 Å². The molecule has 0 aliphatic carbocycles. The summed E-state index contributed by atoms with van der Waals surface area (Å²) in [6.45, 7) is 0. The second kappa shape index (κ2) is 5.00. The molecular weight excluding hydrogens is 263 g/mol. The summed E-state index contributed by atoms with van der Waals surface area (Å²) in [5, 5.41) is 7.16. The molecule has 0 saturated heterocycles. The number of hydrogen-bond acceptors (Lipinski definition) is 5. The Morgan fingerprint density at radius 3 is 2.75 bits per heavy atom. The largest absolute Gasteiger partial charge is 0.372 e. The molecule has 0 fully saturated rings. The molecule has 0 saturated carbocycles. The molecular formula is C12H9FN6O. The minimum absolute atomic E-state index is 0.203. The summed E-state index contributed by atoms with van der Waals surface area (Å²) in [6, 6.07) is 8.66. The molecule has 0 bridgehead atoms. The first-order valence-corrected chi connectivity index (χ1v) is 5.79. The Morgan fingerprint density at radius 1 is 1.25 bits per heavy atom. The third-order valence-corrected chi connectivity index (χ3v) is 2.65. The summed E-state index contributed by atoms with van der Waals surface area (Å²) < 4.78 is 15.1. The fraction of sp³-hybridized carbons (Fsp3) is 0.0833. The molecule has 2 heterocycles. The van der Waals surface area contributed by atoms with Gasteiger partial charge in [0.25, 0.3) is 0 Å². The molecule has 100 valence electrons. The number of hydrogen-bond donors (Lipinski definition) is 0. The molecule has 8 heteroatoms. The average molecular weight is 272 g/mol. The number of rotatable bonds is 2. The van der Waals surface area contributed by atoms with Gasteiger partial charge in [0.05, 0.1) is 0 Å². The highest BCUT2D eigenvalue weighted by Crippen LogP contribution is 2.08. The van der Waals surface area contributed by atoms with Crippen molar-refractivity contribution in [2.24, 2.45) is 0 Å². The Kier molecular flexibility index (Phi) is 3.04. The molecule has 3 rings (SSSR count). The van der Waals surface area contributed by atoms with E-state index in [-0.39, 0.29) is 12.2 Å². The van der Waals surface area contributed by atoms with Crippen molar-refractivity contribution in [3.63, 3.8) is 0 Å². The van der Waals surface area contributed by atoms with Gasteiger partial charge in [0.1, 0.15) is 18.5 Å². The number of carbonyl (C=O) groups excluding carboxylic acids is 1. The van der Waals surface area contributed by atoms with E-state index in [1.807, 2.05) is 30.3 Å². The summed E-state index contributed by atoms with van der Waals surface area (Å²) in [6.07, 6.45) is 1.76. The van der Waals surface area contributed by atoms with E-state index >= 15 is 0 Å². The van der Waals surface area contributed by atoms with Crippen molar-refractivity contribution in [3.8, 4) is 0 Å². The van der Waals surface area contributed by atoms with Crippen LogP contribution < -0.4 is 0 Å². The van der Waals surface area contributed by atoms with Gasteiger partial charge in [-0.25, -0.2) is 9.78 Å². The monoisotopic (exact) mass is 272 g/mol. The van der Waals surface area contributed by atoms with Gasteiger partial charge in [-0.15, -0.1) is 5.10 Å². The molecule has 3 aromatic rings. The van der Waals surface area contributed by atoms with Crippen LogP contribution in [0.2, 0.25) is 0 Å². The van der Waals surface area contributed by atoms with Crippen LogP contribution in [0.25, 0.3) is 0 Å². The van der Waals surface area contributed by atoms with Gasteiger partial charge in [-0.1, -0.05) is 30.3 Å². The molecule has 0 aliphatic rings. The summed E-state index contributed by atoms with van der Waals surface area (Å²) in [7, 11) is 0. The first-order chi connectivity index (χ1) is 9.74. The number of benzene rings is 1. The lowest BCUT2D eigenvalue weighted by atomic mass is 10.1. The summed E-state index contributed by atoms with van der Waals surface area (Å²) in [4.78, 5) is 19.4. The van der Waals surface area contributed by atoms with E-state index in [2.05, 4.69) is 20.2 Å². The zero-order valence-corrected chi connectivity index (χ0v) is 10.2. The van der Waals surface area contributed by atoms with Crippen LogP contribution in [0, 0.1) is 6.08 Å². The lowest BCUT2D eigenvalue weighted by Crippen LogP contribution is -2.23. The van der Waals surface area contributed by atoms with Gasteiger partial charge in [0.15, 0.2) is 0 Å². The first-order valence-electron chi connectivity index (χ1n) is 5.79. The molecule has 0 N–H and O–H groups in total. The number of nitrogens with zero attached hydrogens (tertiary/aromatic N) is 6. The maximum absolute atomic E-state index is 13.3. The predicted octanol–water partition coefficient (Wildman–Crippen LogP) is 1.12. The quantitative estimate of drug-likeness (QED) is 0.698. The third kappa shape index (κ3) is 2.30. The van der Waals surface area contributed by atoms with Gasteiger partial charge >= 0.3 is 12.1 Å². The minimum atomic E-state index is -0.954. The number of carbonyl (C=O) groups is 1. The van der Waals surface area contributed by atoms with Crippen LogP contribution >= 0.6 is 0 Å². The van der Waals surface area contributed by atoms with Crippen molar-refractivity contribution < 1.29 is 9.18 Å². The number of aromatic nitrogens is 6. The third-order valence-electron chi connectivity index (χ3n) is 2.65. The SMILES string of the molecule is O=C(n1cncn1)n1nc(F)nc1Cc1ccccc1. The molecule has 1 aromatic carbocycles. The molecule has 0 atom stereocenters. The van der Waals surface area contributed by atoms with Crippen molar-refractivity contribution in [2.45, 2.75) is 6.42 Å². The molecule has 2 aromatic heterocycles. The summed E-state index contributed by atoms with van der Waals surface area (Å²) >= 11 is 0. The zero-order chi connectivity index (χ0) is 13.9. The molecule has 0 aliphatic heterocycles. The lowest BCUT2D eigenvalue weighted by molar-refractivity contribution is 0.236. The lowest BCUT2D eigenvalue weighted by Gasteiger charge is -2.03. The summed E-state index contributed by atoms with van der Waals surface area (Å²) in [5.74, 6) is 0.203. The molecule has 0 amide bonds. The van der Waals surface area contributed by atoms with Crippen molar-refractivity contribution in [3.05, 3.63) is 60.5 Å². The maximum atomic E-state index is 13.3. The van der Waals surface area contributed by atoms with Gasteiger partial charge in [-0.05, 0) is 5.56 Å². The van der Waals surface area contributed by atoms with Crippen LogP contribution in [0.5, 0.6) is 0 Å². The van der Waals surface area contributed by atoms with Crippen LogP contribution in [0.4, 0.5) is 9.18 Å². The Balaban J connectivity index is 1.94. The molecule has 20 heavy (non-hydrogen) atoms. The van der Waals surface area contributed by atoms with Crippen LogP contribution in [0.3, 0.4) is 0 Å². The normalized spacial score (nSPS) is 10.7. The van der Waals surface area contributed by atoms with Crippen LogP contribution in [0.15, 0.2) is 43.0 Å².